The van der Waals surface area contributed by atoms with Crippen molar-refractivity contribution in [2.45, 2.75) is 114 Å². The molecule has 1 saturated heterocycles. The molecule has 10 rings (SSSR count). The van der Waals surface area contributed by atoms with Crippen LogP contribution >= 0.6 is 33.3 Å². The quantitative estimate of drug-likeness (QED) is 0.0242. The number of imide groups is 1. The molecule has 5 heterocycles. The minimum Gasteiger partial charge on any atom is -0.493 e. The molecule has 0 spiro atoms. The van der Waals surface area contributed by atoms with Crippen molar-refractivity contribution in [1.82, 2.24) is 4.90 Å². The standard InChI is InChI=1S/C66H77N5O11S3/c1-43-29-53-46(19-20-49-33-47-13-7-9-17-56(47)70(49)63(53)74)35-58(43)81-40-44-30-45(41-82-60-37-55-54(36-59(60)78-5)64(75)71-51(39-67-55)34-48-14-8-10-18-57(48)71)32-50(31-44)68(22-23-79-26-27-80-25-24-77-4)42-66(2,3)85-84-28-12-16-52(72)15-11-21-69-62(73)38-61(83-6)65(69)76/h7-10,13-14,17-18,29-32,35-37,39,49,51,61H,11-12,15-16,19-28,33-34,38,40-42H2,1-6H3/t49-,51+,61?/m1/s1. The first-order valence-electron chi connectivity index (χ1n) is 29.4. The van der Waals surface area contributed by atoms with Crippen LogP contribution in [0.3, 0.4) is 0 Å². The summed E-state index contributed by atoms with van der Waals surface area (Å²) >= 11 is 1.40. The van der Waals surface area contributed by atoms with E-state index in [2.05, 4.69) is 61.2 Å². The van der Waals surface area contributed by atoms with Crippen molar-refractivity contribution in [3.05, 3.63) is 136 Å². The van der Waals surface area contributed by atoms with Gasteiger partial charge in [0.2, 0.25) is 11.8 Å². The molecular weight excluding hydrogens is 1130 g/mol. The molecule has 0 radical (unpaired) electrons. The van der Waals surface area contributed by atoms with E-state index < -0.39 is 0 Å². The van der Waals surface area contributed by atoms with Crippen molar-refractivity contribution < 1.29 is 52.4 Å². The number of carbonyl (C=O) groups excluding carboxylic acids is 5. The van der Waals surface area contributed by atoms with Crippen molar-refractivity contribution in [3.8, 4) is 17.2 Å². The van der Waals surface area contributed by atoms with Gasteiger partial charge in [0.1, 0.15) is 24.7 Å². The van der Waals surface area contributed by atoms with Crippen molar-refractivity contribution in [3.63, 3.8) is 0 Å². The number of rotatable bonds is 30. The molecule has 0 bridgehead atoms. The number of Topliss-reactive ketones (excluding diaryl/α,β-unsaturated/α-hetero) is 1. The molecule has 85 heavy (non-hydrogen) atoms. The van der Waals surface area contributed by atoms with Crippen LogP contribution in [0.4, 0.5) is 22.7 Å². The van der Waals surface area contributed by atoms with Gasteiger partial charge in [-0.25, -0.2) is 0 Å². The Labute approximate surface area is 511 Å². The monoisotopic (exact) mass is 1210 g/mol. The van der Waals surface area contributed by atoms with Crippen LogP contribution in [0.15, 0.2) is 96.0 Å². The number of carbonyl (C=O) groups is 5. The predicted octanol–water partition coefficient (Wildman–Crippen LogP) is 11.2. The number of aliphatic imine (C=N–C) groups is 1. The Kier molecular flexibility index (Phi) is 20.7. The van der Waals surface area contributed by atoms with Crippen molar-refractivity contribution in [2.24, 2.45) is 4.99 Å². The lowest BCUT2D eigenvalue weighted by Crippen LogP contribution is -2.38. The van der Waals surface area contributed by atoms with Gasteiger partial charge in [-0.1, -0.05) is 58.0 Å². The minimum atomic E-state index is -0.318. The fourth-order valence-corrected chi connectivity index (χ4v) is 15.1. The number of methoxy groups -OCH3 is 2. The smallest absolute Gasteiger partial charge is 0.261 e. The minimum absolute atomic E-state index is 0.0337. The summed E-state index contributed by atoms with van der Waals surface area (Å²) in [4.78, 5) is 78.8. The summed E-state index contributed by atoms with van der Waals surface area (Å²) in [5, 5.41) is -0.318. The molecule has 1 fully saturated rings. The zero-order chi connectivity index (χ0) is 59.6. The zero-order valence-electron chi connectivity index (χ0n) is 49.6. The Morgan fingerprint density at radius 1 is 0.729 bits per heavy atom. The predicted molar refractivity (Wildman–Crippen MR) is 339 cm³/mol. The number of para-hydroxylation sites is 2. The molecule has 1 unspecified atom stereocenters. The molecule has 0 aromatic heterocycles. The molecule has 0 N–H and O–H groups in total. The van der Waals surface area contributed by atoms with Crippen molar-refractivity contribution >= 4 is 91.7 Å². The SMILES string of the molecule is COCCOCCOCCN(CC(C)(C)SSCCCC(=O)CCCN1C(=O)CC(SC)C1=O)c1cc(COc2cc3c(cc2C)C(=O)N2c4ccccc4C[C@H]2CC3)cc(COc2cc3c(cc2OC)C(=O)N2c4ccccc4C[C@H]2C=N3)c1. The number of aryl methyl sites for hydroxylation is 2. The van der Waals surface area contributed by atoms with Gasteiger partial charge in [-0.15, -0.1) is 0 Å². The fourth-order valence-electron chi connectivity index (χ4n) is 11.9. The first-order valence-corrected chi connectivity index (χ1v) is 33.0. The number of hydrogen-bond acceptors (Lipinski definition) is 16. The maximum absolute atomic E-state index is 14.3. The number of amides is 4. The number of likely N-dealkylation sites (tertiary alicyclic amines) is 1. The second kappa shape index (κ2) is 28.4. The lowest BCUT2D eigenvalue weighted by atomic mass is 9.98. The van der Waals surface area contributed by atoms with Gasteiger partial charge in [0.05, 0.1) is 62.7 Å². The maximum Gasteiger partial charge on any atom is 0.261 e. The number of ether oxygens (including phenoxy) is 6. The van der Waals surface area contributed by atoms with E-state index in [-0.39, 0.29) is 71.1 Å². The van der Waals surface area contributed by atoms with E-state index in [0.717, 1.165) is 87.6 Å². The molecule has 16 nitrogen and oxygen atoms in total. The van der Waals surface area contributed by atoms with Gasteiger partial charge in [-0.2, -0.15) is 11.8 Å². The first-order chi connectivity index (χ1) is 41.2. The Balaban J connectivity index is 0.871. The highest BCUT2D eigenvalue weighted by Crippen LogP contribution is 2.43. The van der Waals surface area contributed by atoms with Gasteiger partial charge in [0, 0.05) is 104 Å². The number of ketones is 1. The lowest BCUT2D eigenvalue weighted by Gasteiger charge is -2.34. The largest absolute Gasteiger partial charge is 0.493 e. The van der Waals surface area contributed by atoms with E-state index >= 15 is 0 Å². The van der Waals surface area contributed by atoms with Crippen LogP contribution in [0.5, 0.6) is 17.2 Å². The first kappa shape index (κ1) is 61.7. The summed E-state index contributed by atoms with van der Waals surface area (Å²) in [7, 11) is 6.75. The van der Waals surface area contributed by atoms with Crippen LogP contribution in [-0.2, 0) is 61.1 Å². The van der Waals surface area contributed by atoms with Crippen molar-refractivity contribution in [2.75, 3.05) is 93.6 Å². The molecule has 5 aliphatic rings. The molecule has 0 aliphatic carbocycles. The van der Waals surface area contributed by atoms with Gasteiger partial charge in [0.25, 0.3) is 11.8 Å². The summed E-state index contributed by atoms with van der Waals surface area (Å²) in [6.07, 6.45) is 9.05. The van der Waals surface area contributed by atoms with Crippen LogP contribution in [-0.4, -0.2) is 142 Å². The van der Waals surface area contributed by atoms with E-state index in [9.17, 15) is 24.0 Å². The Morgan fingerprint density at radius 2 is 1.41 bits per heavy atom. The molecule has 4 amide bonds. The average Bonchev–Trinajstić information content (AvgIpc) is 2.03. The Hall–Kier alpha value is -6.35. The van der Waals surface area contributed by atoms with E-state index in [4.69, 9.17) is 33.4 Å². The van der Waals surface area contributed by atoms with Gasteiger partial charge in [-0.3, -0.25) is 38.8 Å². The van der Waals surface area contributed by atoms with Gasteiger partial charge in [-0.05, 0) is 141 Å². The van der Waals surface area contributed by atoms with Crippen LogP contribution in [0.1, 0.15) is 106 Å². The fraction of sp³-hybridized carbons (Fsp3) is 0.455. The normalized spacial score (nSPS) is 17.7. The summed E-state index contributed by atoms with van der Waals surface area (Å²) in [5.74, 6) is 2.09. The van der Waals surface area contributed by atoms with E-state index in [0.29, 0.717) is 101 Å². The van der Waals surface area contributed by atoms with Crippen LogP contribution in [0, 0.1) is 6.92 Å². The lowest BCUT2D eigenvalue weighted by molar-refractivity contribution is -0.138. The molecule has 450 valence electrons. The molecule has 5 aromatic rings. The molecular formula is C66H77N5O11S3. The summed E-state index contributed by atoms with van der Waals surface area (Å²) in [6.45, 7) is 10.6. The van der Waals surface area contributed by atoms with Crippen LogP contribution < -0.4 is 28.9 Å². The third-order valence-electron chi connectivity index (χ3n) is 16.2. The zero-order valence-corrected chi connectivity index (χ0v) is 52.0. The van der Waals surface area contributed by atoms with Crippen LogP contribution in [0.2, 0.25) is 0 Å². The molecule has 5 aromatic carbocycles. The highest BCUT2D eigenvalue weighted by molar-refractivity contribution is 8.77. The summed E-state index contributed by atoms with van der Waals surface area (Å²) in [6, 6.07) is 30.1. The molecule has 19 heteroatoms. The number of nitrogens with zero attached hydrogens (tertiary/aromatic N) is 5. The maximum atomic E-state index is 14.3. The topological polar surface area (TPSA) is 166 Å². The molecule has 3 atom stereocenters. The van der Waals surface area contributed by atoms with E-state index in [1.165, 1.54) is 22.2 Å². The number of benzene rings is 5. The third-order valence-corrected chi connectivity index (χ3v) is 20.5. The number of anilines is 3. The van der Waals surface area contributed by atoms with Gasteiger partial charge in [0.15, 0.2) is 11.5 Å². The third kappa shape index (κ3) is 14.7. The summed E-state index contributed by atoms with van der Waals surface area (Å²) < 4.78 is 36.2. The highest BCUT2D eigenvalue weighted by Gasteiger charge is 2.40. The van der Waals surface area contributed by atoms with Crippen LogP contribution in [0.25, 0.3) is 0 Å². The summed E-state index contributed by atoms with van der Waals surface area (Å²) in [5.41, 5.74) is 10.5. The number of fused-ring (bicyclic) bond motifs is 8. The number of hydrogen-bond donors (Lipinski definition) is 0. The second-order valence-corrected chi connectivity index (χ2v) is 27.0. The molecule has 5 aliphatic heterocycles. The van der Waals surface area contributed by atoms with Gasteiger partial charge < -0.3 is 38.2 Å². The second-order valence-electron chi connectivity index (χ2n) is 22.8. The highest BCUT2D eigenvalue weighted by atomic mass is 33.1. The average molecular weight is 1210 g/mol. The van der Waals surface area contributed by atoms with E-state index in [1.54, 1.807) is 47.9 Å². The number of thioether (sulfide) groups is 1. The van der Waals surface area contributed by atoms with Gasteiger partial charge >= 0.3 is 0 Å². The Bertz CT molecular complexity index is 3300. The van der Waals surface area contributed by atoms with Crippen molar-refractivity contribution in [1.29, 1.82) is 0 Å². The molecule has 0 saturated carbocycles. The van der Waals surface area contributed by atoms with E-state index in [1.807, 2.05) is 65.6 Å². The Morgan fingerprint density at radius 3 is 2.14 bits per heavy atom.